The second-order valence-electron chi connectivity index (χ2n) is 2.78. The summed E-state index contributed by atoms with van der Waals surface area (Å²) in [5.41, 5.74) is 1.16. The van der Waals surface area contributed by atoms with Crippen molar-refractivity contribution in [3.05, 3.63) is 23.8 Å². The minimum atomic E-state index is 0.153. The van der Waals surface area contributed by atoms with Gasteiger partial charge in [-0.2, -0.15) is 0 Å². The number of ketones is 1. The predicted octanol–water partition coefficient (Wildman–Crippen LogP) is 1.72. The van der Waals surface area contributed by atoms with Crippen molar-refractivity contribution in [3.8, 4) is 0 Å². The van der Waals surface area contributed by atoms with Crippen LogP contribution in [0.1, 0.15) is 25.7 Å². The maximum Gasteiger partial charge on any atom is 0.198 e. The fraction of sp³-hybridized carbons (Fsp3) is 0.400. The minimum Gasteiger partial charge on any atom is -0.295 e. The monoisotopic (exact) mass is 163 g/mol. The minimum absolute atomic E-state index is 0.153. The molecule has 0 amide bonds. The maximum absolute atomic E-state index is 10.7. The van der Waals surface area contributed by atoms with Gasteiger partial charge in [-0.1, -0.05) is 17.7 Å². The highest BCUT2D eigenvalue weighted by molar-refractivity contribution is 5.92. The van der Waals surface area contributed by atoms with E-state index in [1.54, 1.807) is 6.08 Å². The van der Waals surface area contributed by atoms with E-state index in [2.05, 4.69) is 0 Å². The Labute approximate surface area is 72.0 Å². The summed E-state index contributed by atoms with van der Waals surface area (Å²) >= 11 is 0. The quantitative estimate of drug-likeness (QED) is 0.591. The third-order valence-electron chi connectivity index (χ3n) is 1.79. The molecule has 1 radical (unpaired) electrons. The van der Waals surface area contributed by atoms with Gasteiger partial charge in [0.1, 0.15) is 0 Å². The molecule has 0 aromatic carbocycles. The van der Waals surface area contributed by atoms with Crippen LogP contribution >= 0.6 is 0 Å². The second kappa shape index (κ2) is 4.65. The third kappa shape index (κ3) is 2.82. The summed E-state index contributed by atoms with van der Waals surface area (Å²) < 4.78 is 0. The maximum atomic E-state index is 10.7. The lowest BCUT2D eigenvalue weighted by molar-refractivity contribution is -0.113. The fourth-order valence-corrected chi connectivity index (χ4v) is 1.12. The number of carbonyl (C=O) groups excluding carboxylic acids is 2. The van der Waals surface area contributed by atoms with E-state index in [1.807, 2.05) is 18.4 Å². The number of carbonyl (C=O) groups is 1. The first-order valence-electron chi connectivity index (χ1n) is 4.08. The van der Waals surface area contributed by atoms with Gasteiger partial charge in [0, 0.05) is 12.8 Å². The smallest absolute Gasteiger partial charge is 0.198 e. The largest absolute Gasteiger partial charge is 0.295 e. The Kier molecular flexibility index (Phi) is 3.45. The SMILES string of the molecule is O=[C]CCCC1=CCC(=O)C=C1. The van der Waals surface area contributed by atoms with Crippen LogP contribution in [-0.4, -0.2) is 12.1 Å². The van der Waals surface area contributed by atoms with Crippen LogP contribution in [0.4, 0.5) is 0 Å². The normalized spacial score (nSPS) is 16.0. The second-order valence-corrected chi connectivity index (χ2v) is 2.78. The molecule has 0 aliphatic heterocycles. The highest BCUT2D eigenvalue weighted by Gasteiger charge is 2.02. The summed E-state index contributed by atoms with van der Waals surface area (Å²) in [5, 5.41) is 0. The fourth-order valence-electron chi connectivity index (χ4n) is 1.12. The topological polar surface area (TPSA) is 34.1 Å². The lowest BCUT2D eigenvalue weighted by Crippen LogP contribution is -1.96. The molecule has 0 aromatic heterocycles. The average molecular weight is 163 g/mol. The van der Waals surface area contributed by atoms with Gasteiger partial charge in [0.15, 0.2) is 12.1 Å². The summed E-state index contributed by atoms with van der Waals surface area (Å²) in [6, 6.07) is 0. The van der Waals surface area contributed by atoms with Crippen molar-refractivity contribution >= 4 is 12.1 Å². The van der Waals surface area contributed by atoms with Crippen molar-refractivity contribution in [1.82, 2.24) is 0 Å². The van der Waals surface area contributed by atoms with Crippen molar-refractivity contribution in [3.63, 3.8) is 0 Å². The molecule has 1 rings (SSSR count). The molecule has 2 nitrogen and oxygen atoms in total. The van der Waals surface area contributed by atoms with Crippen molar-refractivity contribution in [1.29, 1.82) is 0 Å². The number of unbranched alkanes of at least 4 members (excludes halogenated alkanes) is 1. The third-order valence-corrected chi connectivity index (χ3v) is 1.79. The van der Waals surface area contributed by atoms with Crippen LogP contribution < -0.4 is 0 Å². The molecule has 2 heteroatoms. The lowest BCUT2D eigenvalue weighted by atomic mass is 10.0. The number of hydrogen-bond acceptors (Lipinski definition) is 2. The van der Waals surface area contributed by atoms with E-state index in [9.17, 15) is 9.59 Å². The highest BCUT2D eigenvalue weighted by Crippen LogP contribution is 2.13. The van der Waals surface area contributed by atoms with Crippen LogP contribution in [0, 0.1) is 0 Å². The Hall–Kier alpha value is -1.18. The lowest BCUT2D eigenvalue weighted by Gasteiger charge is -2.03. The zero-order valence-corrected chi connectivity index (χ0v) is 6.88. The Morgan fingerprint density at radius 3 is 2.83 bits per heavy atom. The van der Waals surface area contributed by atoms with E-state index in [0.29, 0.717) is 12.8 Å². The van der Waals surface area contributed by atoms with Crippen LogP contribution in [0.2, 0.25) is 0 Å². The standard InChI is InChI=1S/C10H11O2/c11-8-2-1-3-9-4-6-10(12)7-5-9/h4-6H,1-3,7H2. The Morgan fingerprint density at radius 2 is 2.25 bits per heavy atom. The first-order chi connectivity index (χ1) is 5.83. The van der Waals surface area contributed by atoms with Crippen molar-refractivity contribution < 1.29 is 9.59 Å². The van der Waals surface area contributed by atoms with Gasteiger partial charge in [0.25, 0.3) is 0 Å². The molecule has 12 heavy (non-hydrogen) atoms. The van der Waals surface area contributed by atoms with Gasteiger partial charge in [-0.25, -0.2) is 0 Å². The molecule has 0 bridgehead atoms. The zero-order chi connectivity index (χ0) is 8.81. The summed E-state index contributed by atoms with van der Waals surface area (Å²) in [4.78, 5) is 20.6. The van der Waals surface area contributed by atoms with Crippen molar-refractivity contribution in [2.75, 3.05) is 0 Å². The summed E-state index contributed by atoms with van der Waals surface area (Å²) in [5.74, 6) is 0.153. The van der Waals surface area contributed by atoms with E-state index in [4.69, 9.17) is 0 Å². The first-order valence-corrected chi connectivity index (χ1v) is 4.08. The van der Waals surface area contributed by atoms with Crippen LogP contribution in [0.15, 0.2) is 23.8 Å². The number of rotatable bonds is 4. The zero-order valence-electron chi connectivity index (χ0n) is 6.88. The molecule has 63 valence electrons. The van der Waals surface area contributed by atoms with Crippen LogP contribution in [-0.2, 0) is 9.59 Å². The van der Waals surface area contributed by atoms with Crippen LogP contribution in [0.25, 0.3) is 0 Å². The van der Waals surface area contributed by atoms with E-state index < -0.39 is 0 Å². The van der Waals surface area contributed by atoms with Gasteiger partial charge >= 0.3 is 0 Å². The Balaban J connectivity index is 2.30. The van der Waals surface area contributed by atoms with E-state index >= 15 is 0 Å². The van der Waals surface area contributed by atoms with Gasteiger partial charge in [0.05, 0.1) is 0 Å². The van der Waals surface area contributed by atoms with Gasteiger partial charge in [0.2, 0.25) is 0 Å². The van der Waals surface area contributed by atoms with Crippen molar-refractivity contribution in [2.24, 2.45) is 0 Å². The number of allylic oxidation sites excluding steroid dienone is 4. The molecule has 0 atom stereocenters. The summed E-state index contributed by atoms with van der Waals surface area (Å²) in [7, 11) is 0. The van der Waals surface area contributed by atoms with Crippen LogP contribution in [0.5, 0.6) is 0 Å². The molecule has 0 aromatic rings. The van der Waals surface area contributed by atoms with Crippen LogP contribution in [0.3, 0.4) is 0 Å². The van der Waals surface area contributed by atoms with Crippen molar-refractivity contribution in [2.45, 2.75) is 25.7 Å². The predicted molar refractivity (Wildman–Crippen MR) is 46.4 cm³/mol. The summed E-state index contributed by atoms with van der Waals surface area (Å²) in [6.07, 6.45) is 9.90. The average Bonchev–Trinajstić information content (AvgIpc) is 2.09. The molecule has 1 aliphatic rings. The van der Waals surface area contributed by atoms with Gasteiger partial charge in [-0.3, -0.25) is 9.59 Å². The van der Waals surface area contributed by atoms with E-state index in [-0.39, 0.29) is 5.78 Å². The molecular weight excluding hydrogens is 152 g/mol. The molecular formula is C10H11O2. The molecule has 1 aliphatic carbocycles. The molecule has 0 fully saturated rings. The molecule has 0 saturated carbocycles. The van der Waals surface area contributed by atoms with Gasteiger partial charge < -0.3 is 0 Å². The number of hydrogen-bond donors (Lipinski definition) is 0. The van der Waals surface area contributed by atoms with E-state index in [1.165, 1.54) is 0 Å². The molecule has 0 saturated heterocycles. The molecule has 0 spiro atoms. The van der Waals surface area contributed by atoms with Gasteiger partial charge in [-0.15, -0.1) is 0 Å². The van der Waals surface area contributed by atoms with Gasteiger partial charge in [-0.05, 0) is 18.9 Å². The Bertz CT molecular complexity index is 236. The first kappa shape index (κ1) is 8.91. The molecule has 0 heterocycles. The van der Waals surface area contributed by atoms with E-state index in [0.717, 1.165) is 18.4 Å². The highest BCUT2D eigenvalue weighted by atomic mass is 16.1. The Morgan fingerprint density at radius 1 is 1.42 bits per heavy atom. The molecule has 0 unspecified atom stereocenters. The molecule has 0 N–H and O–H groups in total. The summed E-state index contributed by atoms with van der Waals surface area (Å²) in [6.45, 7) is 0.